The number of amides is 1. The number of aryl methyl sites for hydroxylation is 1. The van der Waals surface area contributed by atoms with Crippen molar-refractivity contribution in [2.45, 2.75) is 13.8 Å². The van der Waals surface area contributed by atoms with Crippen LogP contribution in [-0.2, 0) is 4.79 Å². The molecule has 0 heterocycles. The summed E-state index contributed by atoms with van der Waals surface area (Å²) in [7, 11) is 1.58. The van der Waals surface area contributed by atoms with Crippen LogP contribution in [-0.4, -0.2) is 25.3 Å². The highest BCUT2D eigenvalue weighted by Crippen LogP contribution is 2.11. The Hall–Kier alpha value is -2.10. The van der Waals surface area contributed by atoms with Crippen LogP contribution in [0.4, 0.5) is 0 Å². The molecule has 1 amide bonds. The summed E-state index contributed by atoms with van der Waals surface area (Å²) in [4.78, 5) is 15.1. The third-order valence-electron chi connectivity index (χ3n) is 2.27. The molecule has 0 bridgehead atoms. The lowest BCUT2D eigenvalue weighted by Gasteiger charge is -2.03. The fraction of sp³-hybridized carbons (Fsp3) is 0.286. The molecule has 0 aliphatic rings. The van der Waals surface area contributed by atoms with Gasteiger partial charge in [0.05, 0.1) is 0 Å². The second-order valence-electron chi connectivity index (χ2n) is 3.81. The number of ether oxygens (including phenoxy) is 1. The Morgan fingerprint density at radius 3 is 2.94 bits per heavy atom. The predicted molar refractivity (Wildman–Crippen MR) is 73.0 cm³/mol. The fourth-order valence-corrected chi connectivity index (χ4v) is 1.30. The molecule has 0 atom stereocenters. The maximum atomic E-state index is 11.1. The van der Waals surface area contributed by atoms with Gasteiger partial charge in [-0.05, 0) is 37.6 Å². The Labute approximate surface area is 107 Å². The number of hydrogen-bond donors (Lipinski definition) is 1. The van der Waals surface area contributed by atoms with Crippen molar-refractivity contribution < 1.29 is 9.53 Å². The van der Waals surface area contributed by atoms with E-state index in [9.17, 15) is 4.79 Å². The molecule has 0 fully saturated rings. The Morgan fingerprint density at radius 2 is 2.28 bits per heavy atom. The minimum Gasteiger partial charge on any atom is -0.489 e. The van der Waals surface area contributed by atoms with Gasteiger partial charge < -0.3 is 10.1 Å². The average molecular weight is 246 g/mol. The fourth-order valence-electron chi connectivity index (χ4n) is 1.30. The molecular weight excluding hydrogens is 228 g/mol. The van der Waals surface area contributed by atoms with Gasteiger partial charge in [-0.1, -0.05) is 12.1 Å². The van der Waals surface area contributed by atoms with Gasteiger partial charge in [0.25, 0.3) is 5.91 Å². The molecule has 96 valence electrons. The van der Waals surface area contributed by atoms with Crippen LogP contribution in [0.15, 0.2) is 41.5 Å². The molecule has 0 aromatic heterocycles. The third kappa shape index (κ3) is 4.82. The first kappa shape index (κ1) is 14.0. The van der Waals surface area contributed by atoms with Gasteiger partial charge in [-0.3, -0.25) is 9.79 Å². The zero-order chi connectivity index (χ0) is 13.4. The largest absolute Gasteiger partial charge is 0.489 e. The number of rotatable bonds is 5. The predicted octanol–water partition coefficient (Wildman–Crippen LogP) is 2.09. The van der Waals surface area contributed by atoms with Gasteiger partial charge in [0.2, 0.25) is 0 Å². The van der Waals surface area contributed by atoms with E-state index in [1.807, 2.05) is 31.2 Å². The van der Waals surface area contributed by atoms with Gasteiger partial charge in [0.15, 0.2) is 0 Å². The lowest BCUT2D eigenvalue weighted by atomic mass is 10.2. The average Bonchev–Trinajstić information content (AvgIpc) is 2.37. The number of hydrogen-bond acceptors (Lipinski definition) is 3. The minimum atomic E-state index is -0.181. The first-order chi connectivity index (χ1) is 8.63. The second kappa shape index (κ2) is 7.27. The third-order valence-corrected chi connectivity index (χ3v) is 2.27. The van der Waals surface area contributed by atoms with Gasteiger partial charge in [0.1, 0.15) is 18.1 Å². The summed E-state index contributed by atoms with van der Waals surface area (Å²) in [5, 5.41) is 2.50. The Balaban J connectivity index is 2.40. The van der Waals surface area contributed by atoms with Crippen molar-refractivity contribution in [3.63, 3.8) is 0 Å². The molecular formula is C14H18N2O2. The summed E-state index contributed by atoms with van der Waals surface area (Å²) in [6.45, 7) is 4.10. The van der Waals surface area contributed by atoms with Crippen molar-refractivity contribution in [2.75, 3.05) is 13.7 Å². The zero-order valence-corrected chi connectivity index (χ0v) is 10.9. The summed E-state index contributed by atoms with van der Waals surface area (Å²) in [6, 6.07) is 7.83. The van der Waals surface area contributed by atoms with E-state index in [0.29, 0.717) is 12.3 Å². The molecule has 1 aromatic carbocycles. The van der Waals surface area contributed by atoms with Crippen LogP contribution in [0.5, 0.6) is 5.75 Å². The molecule has 0 spiro atoms. The van der Waals surface area contributed by atoms with Crippen molar-refractivity contribution in [2.24, 2.45) is 4.99 Å². The Morgan fingerprint density at radius 1 is 1.50 bits per heavy atom. The van der Waals surface area contributed by atoms with E-state index in [1.54, 1.807) is 26.2 Å². The number of nitrogens with one attached hydrogen (secondary N) is 1. The van der Waals surface area contributed by atoms with Crippen LogP contribution in [0.1, 0.15) is 12.5 Å². The van der Waals surface area contributed by atoms with Gasteiger partial charge in [0, 0.05) is 13.2 Å². The second-order valence-corrected chi connectivity index (χ2v) is 3.81. The zero-order valence-electron chi connectivity index (χ0n) is 10.9. The summed E-state index contributed by atoms with van der Waals surface area (Å²) in [5.74, 6) is 0.644. The van der Waals surface area contributed by atoms with Gasteiger partial charge >= 0.3 is 0 Å². The maximum Gasteiger partial charge on any atom is 0.265 e. The summed E-state index contributed by atoms with van der Waals surface area (Å²) < 4.78 is 5.50. The quantitative estimate of drug-likeness (QED) is 0.809. The van der Waals surface area contributed by atoms with Crippen molar-refractivity contribution in [3.8, 4) is 5.75 Å². The highest BCUT2D eigenvalue weighted by molar-refractivity contribution is 6.37. The van der Waals surface area contributed by atoms with Gasteiger partial charge in [-0.25, -0.2) is 0 Å². The van der Waals surface area contributed by atoms with Crippen LogP contribution in [0.2, 0.25) is 0 Å². The van der Waals surface area contributed by atoms with E-state index in [2.05, 4.69) is 10.3 Å². The van der Waals surface area contributed by atoms with Crippen LogP contribution in [0.3, 0.4) is 0 Å². The Bertz CT molecular complexity index is 465. The summed E-state index contributed by atoms with van der Waals surface area (Å²) in [5.41, 5.74) is 1.58. The molecule has 18 heavy (non-hydrogen) atoms. The minimum absolute atomic E-state index is 0.181. The normalized spacial score (nSPS) is 11.6. The molecule has 0 aliphatic carbocycles. The monoisotopic (exact) mass is 246 g/mol. The van der Waals surface area contributed by atoms with Crippen LogP contribution >= 0.6 is 0 Å². The number of benzene rings is 1. The number of carbonyl (C=O) groups is 1. The molecule has 0 saturated heterocycles. The smallest absolute Gasteiger partial charge is 0.265 e. The molecule has 4 heteroatoms. The molecule has 4 nitrogen and oxygen atoms in total. The summed E-state index contributed by atoms with van der Waals surface area (Å²) in [6.07, 6.45) is 3.33. The topological polar surface area (TPSA) is 50.7 Å². The van der Waals surface area contributed by atoms with Crippen molar-refractivity contribution in [1.29, 1.82) is 0 Å². The first-order valence-electron chi connectivity index (χ1n) is 5.74. The molecule has 1 rings (SSSR count). The number of carbonyl (C=O) groups excluding carboxylic acids is 1. The van der Waals surface area contributed by atoms with E-state index in [-0.39, 0.29) is 5.91 Å². The lowest BCUT2D eigenvalue weighted by molar-refractivity contribution is -0.114. The van der Waals surface area contributed by atoms with E-state index in [1.165, 1.54) is 0 Å². The molecule has 0 saturated carbocycles. The van der Waals surface area contributed by atoms with E-state index in [4.69, 9.17) is 4.74 Å². The molecule has 1 N–H and O–H groups in total. The number of nitrogens with zero attached hydrogens (tertiary/aromatic N) is 1. The molecule has 1 aromatic rings. The molecule has 0 aliphatic heterocycles. The highest BCUT2D eigenvalue weighted by Gasteiger charge is 1.99. The SMILES string of the molecule is CNC(=O)C(C)=N/C=C\COc1cccc(C)c1. The lowest BCUT2D eigenvalue weighted by Crippen LogP contribution is -2.24. The first-order valence-corrected chi connectivity index (χ1v) is 5.74. The van der Waals surface area contributed by atoms with Gasteiger partial charge in [-0.15, -0.1) is 0 Å². The Kier molecular flexibility index (Phi) is 5.64. The van der Waals surface area contributed by atoms with Crippen LogP contribution in [0, 0.1) is 6.92 Å². The standard InChI is InChI=1S/C14H18N2O2/c1-11-6-4-7-13(10-11)18-9-5-8-16-12(2)14(17)15-3/h4-8,10H,9H2,1-3H3,(H,15,17)/b8-5-,16-12?. The molecule has 0 unspecified atom stereocenters. The number of aliphatic imine (C=N–C) groups is 1. The van der Waals surface area contributed by atoms with Crippen molar-refractivity contribution in [1.82, 2.24) is 5.32 Å². The highest BCUT2D eigenvalue weighted by atomic mass is 16.5. The molecule has 0 radical (unpaired) electrons. The maximum absolute atomic E-state index is 11.1. The van der Waals surface area contributed by atoms with Gasteiger partial charge in [-0.2, -0.15) is 0 Å². The summed E-state index contributed by atoms with van der Waals surface area (Å²) >= 11 is 0. The van der Waals surface area contributed by atoms with E-state index in [0.717, 1.165) is 11.3 Å². The van der Waals surface area contributed by atoms with Crippen LogP contribution in [0.25, 0.3) is 0 Å². The van der Waals surface area contributed by atoms with E-state index >= 15 is 0 Å². The van der Waals surface area contributed by atoms with E-state index < -0.39 is 0 Å². The van der Waals surface area contributed by atoms with Crippen molar-refractivity contribution in [3.05, 3.63) is 42.1 Å². The van der Waals surface area contributed by atoms with Crippen LogP contribution < -0.4 is 10.1 Å². The van der Waals surface area contributed by atoms with Crippen molar-refractivity contribution >= 4 is 11.6 Å².